The van der Waals surface area contributed by atoms with Gasteiger partial charge in [-0.2, -0.15) is 0 Å². The van der Waals surface area contributed by atoms with Gasteiger partial charge in [-0.25, -0.2) is 8.42 Å². The highest BCUT2D eigenvalue weighted by atomic mass is 32.2. The average molecular weight is 283 g/mol. The predicted octanol–water partition coefficient (Wildman–Crippen LogP) is 0.508. The topological polar surface area (TPSA) is 94.3 Å². The Bertz CT molecular complexity index is 549. The van der Waals surface area contributed by atoms with Crippen LogP contribution in [0.3, 0.4) is 0 Å². The van der Waals surface area contributed by atoms with Crippen LogP contribution in [-0.2, 0) is 25.8 Å². The number of hydrogen-bond acceptors (Lipinski definition) is 5. The van der Waals surface area contributed by atoms with Crippen molar-refractivity contribution in [3.8, 4) is 0 Å². The van der Waals surface area contributed by atoms with Crippen LogP contribution < -0.4 is 5.73 Å². The Morgan fingerprint density at radius 1 is 1.32 bits per heavy atom. The normalized spacial score (nSPS) is 12.9. The lowest BCUT2D eigenvalue weighted by Gasteiger charge is -2.06. The van der Waals surface area contributed by atoms with Gasteiger partial charge in [0.25, 0.3) is 0 Å². The van der Waals surface area contributed by atoms with E-state index < -0.39 is 21.6 Å². The second-order valence-electron chi connectivity index (χ2n) is 4.30. The van der Waals surface area contributed by atoms with Crippen LogP contribution in [0.1, 0.15) is 18.9 Å². The number of ketones is 1. The number of hydrogen-bond donors (Lipinski definition) is 1. The molecule has 0 amide bonds. The minimum atomic E-state index is -3.57. The van der Waals surface area contributed by atoms with E-state index in [0.717, 1.165) is 5.56 Å². The predicted molar refractivity (Wildman–Crippen MR) is 71.5 cm³/mol. The molecule has 0 fully saturated rings. The first kappa shape index (κ1) is 15.5. The summed E-state index contributed by atoms with van der Waals surface area (Å²) in [6.07, 6.45) is 1.20. The summed E-state index contributed by atoms with van der Waals surface area (Å²) in [5, 5.41) is 0. The van der Waals surface area contributed by atoms with Gasteiger partial charge in [-0.15, -0.1) is 0 Å². The summed E-state index contributed by atoms with van der Waals surface area (Å²) in [4.78, 5) is 21.8. The summed E-state index contributed by atoms with van der Waals surface area (Å²) in [5.41, 5.74) is 6.26. The van der Waals surface area contributed by atoms with Crippen LogP contribution in [0.25, 0.3) is 0 Å². The van der Waals surface area contributed by atoms with E-state index in [-0.39, 0.29) is 17.1 Å². The quantitative estimate of drug-likeness (QED) is 0.736. The van der Waals surface area contributed by atoms with Gasteiger partial charge in [0, 0.05) is 6.42 Å². The Morgan fingerprint density at radius 2 is 1.89 bits per heavy atom. The standard InChI is InChI=1S/C13H17NO4S/c1-2-12(16)9-19(17,18)13-5-3-10(4-6-13)7-11(14)8-15/h3-6,8,11H,2,7,9,14H2,1H3. The van der Waals surface area contributed by atoms with E-state index in [2.05, 4.69) is 0 Å². The lowest BCUT2D eigenvalue weighted by Crippen LogP contribution is -2.24. The Balaban J connectivity index is 2.86. The molecule has 0 aromatic heterocycles. The number of benzene rings is 1. The fourth-order valence-electron chi connectivity index (χ4n) is 1.55. The largest absolute Gasteiger partial charge is 0.321 e. The van der Waals surface area contributed by atoms with Crippen LogP contribution >= 0.6 is 0 Å². The molecule has 0 aliphatic carbocycles. The second-order valence-corrected chi connectivity index (χ2v) is 6.29. The van der Waals surface area contributed by atoms with Crippen LogP contribution in [0.5, 0.6) is 0 Å². The molecule has 19 heavy (non-hydrogen) atoms. The third-order valence-corrected chi connectivity index (χ3v) is 4.37. The number of carbonyl (C=O) groups is 2. The molecule has 0 aliphatic heterocycles. The van der Waals surface area contributed by atoms with Gasteiger partial charge in [-0.3, -0.25) is 4.79 Å². The van der Waals surface area contributed by atoms with Crippen LogP contribution in [0.15, 0.2) is 29.2 Å². The summed E-state index contributed by atoms with van der Waals surface area (Å²) in [6, 6.07) is 5.49. The Labute approximate surface area is 112 Å². The van der Waals surface area contributed by atoms with Gasteiger partial charge in [0.1, 0.15) is 17.8 Å². The van der Waals surface area contributed by atoms with Crippen LogP contribution in [0.4, 0.5) is 0 Å². The van der Waals surface area contributed by atoms with Crippen molar-refractivity contribution in [3.05, 3.63) is 29.8 Å². The van der Waals surface area contributed by atoms with Gasteiger partial charge in [0.15, 0.2) is 9.84 Å². The van der Waals surface area contributed by atoms with Gasteiger partial charge in [0.2, 0.25) is 0 Å². The molecule has 0 spiro atoms. The monoisotopic (exact) mass is 283 g/mol. The molecule has 1 atom stereocenters. The van der Waals surface area contributed by atoms with Crippen molar-refractivity contribution < 1.29 is 18.0 Å². The Hall–Kier alpha value is -1.53. The minimum absolute atomic E-state index is 0.109. The summed E-state index contributed by atoms with van der Waals surface area (Å²) in [5.74, 6) is -0.788. The highest BCUT2D eigenvalue weighted by Gasteiger charge is 2.18. The fourth-order valence-corrected chi connectivity index (χ4v) is 2.90. The molecule has 5 nitrogen and oxygen atoms in total. The zero-order valence-electron chi connectivity index (χ0n) is 10.7. The molecule has 0 radical (unpaired) electrons. The molecule has 0 bridgehead atoms. The minimum Gasteiger partial charge on any atom is -0.321 e. The van der Waals surface area contributed by atoms with Crippen LogP contribution in [0.2, 0.25) is 0 Å². The SMILES string of the molecule is CCC(=O)CS(=O)(=O)c1ccc(CC(N)C=O)cc1. The third-order valence-electron chi connectivity index (χ3n) is 2.67. The molecule has 0 saturated heterocycles. The third kappa shape index (κ3) is 4.57. The summed E-state index contributed by atoms with van der Waals surface area (Å²) >= 11 is 0. The maximum Gasteiger partial charge on any atom is 0.185 e. The molecular formula is C13H17NO4S. The molecule has 1 unspecified atom stereocenters. The molecule has 0 aliphatic rings. The number of aldehydes is 1. The number of rotatable bonds is 7. The number of nitrogens with two attached hydrogens (primary N) is 1. The first-order valence-corrected chi connectivity index (χ1v) is 7.58. The molecule has 1 rings (SSSR count). The molecular weight excluding hydrogens is 266 g/mol. The first-order chi connectivity index (χ1) is 8.89. The highest BCUT2D eigenvalue weighted by Crippen LogP contribution is 2.13. The van der Waals surface area contributed by atoms with Crippen LogP contribution in [0, 0.1) is 0 Å². The van der Waals surface area contributed by atoms with Crippen molar-refractivity contribution in [1.29, 1.82) is 0 Å². The van der Waals surface area contributed by atoms with Gasteiger partial charge in [-0.05, 0) is 24.1 Å². The Morgan fingerprint density at radius 3 is 2.37 bits per heavy atom. The number of Topliss-reactive ketones (excluding diaryl/α,β-unsaturated/α-hetero) is 1. The lowest BCUT2D eigenvalue weighted by molar-refractivity contribution is -0.116. The highest BCUT2D eigenvalue weighted by molar-refractivity contribution is 7.92. The van der Waals surface area contributed by atoms with Crippen molar-refractivity contribution >= 4 is 21.9 Å². The maximum atomic E-state index is 11.9. The number of carbonyl (C=O) groups excluding carboxylic acids is 2. The van der Waals surface area contributed by atoms with E-state index in [0.29, 0.717) is 12.7 Å². The summed E-state index contributed by atoms with van der Waals surface area (Å²) in [6.45, 7) is 1.63. The first-order valence-electron chi connectivity index (χ1n) is 5.93. The van der Waals surface area contributed by atoms with E-state index in [1.807, 2.05) is 0 Å². The van der Waals surface area contributed by atoms with E-state index >= 15 is 0 Å². The van der Waals surface area contributed by atoms with Gasteiger partial charge >= 0.3 is 0 Å². The molecule has 104 valence electrons. The zero-order valence-corrected chi connectivity index (χ0v) is 11.5. The summed E-state index contributed by atoms with van der Waals surface area (Å²) < 4.78 is 23.8. The van der Waals surface area contributed by atoms with Crippen molar-refractivity contribution in [2.24, 2.45) is 5.73 Å². The van der Waals surface area contributed by atoms with Crippen molar-refractivity contribution in [2.45, 2.75) is 30.7 Å². The lowest BCUT2D eigenvalue weighted by atomic mass is 10.1. The van der Waals surface area contributed by atoms with E-state index in [9.17, 15) is 18.0 Å². The molecule has 2 N–H and O–H groups in total. The van der Waals surface area contributed by atoms with Crippen molar-refractivity contribution in [2.75, 3.05) is 5.75 Å². The average Bonchev–Trinajstić information content (AvgIpc) is 2.38. The molecule has 1 aromatic carbocycles. The Kier molecular flexibility index (Phi) is 5.38. The maximum absolute atomic E-state index is 11.9. The van der Waals surface area contributed by atoms with Gasteiger partial charge in [0.05, 0.1) is 10.9 Å². The van der Waals surface area contributed by atoms with E-state index in [1.165, 1.54) is 12.1 Å². The van der Waals surface area contributed by atoms with Crippen molar-refractivity contribution in [3.63, 3.8) is 0 Å². The van der Waals surface area contributed by atoms with Gasteiger partial charge in [-0.1, -0.05) is 19.1 Å². The van der Waals surface area contributed by atoms with E-state index in [4.69, 9.17) is 5.73 Å². The van der Waals surface area contributed by atoms with Crippen LogP contribution in [-0.4, -0.2) is 32.3 Å². The zero-order chi connectivity index (χ0) is 14.5. The smallest absolute Gasteiger partial charge is 0.185 e. The fraction of sp³-hybridized carbons (Fsp3) is 0.385. The summed E-state index contributed by atoms with van der Waals surface area (Å²) in [7, 11) is -3.57. The number of sulfone groups is 1. The molecule has 6 heteroatoms. The molecule has 0 saturated carbocycles. The van der Waals surface area contributed by atoms with Crippen molar-refractivity contribution in [1.82, 2.24) is 0 Å². The molecule has 0 heterocycles. The van der Waals surface area contributed by atoms with E-state index in [1.54, 1.807) is 19.1 Å². The van der Waals surface area contributed by atoms with Gasteiger partial charge < -0.3 is 10.5 Å². The molecule has 1 aromatic rings. The second kappa shape index (κ2) is 6.58.